The second-order valence-electron chi connectivity index (χ2n) is 7.30. The average molecular weight is 461 g/mol. The van der Waals surface area contributed by atoms with Crippen LogP contribution in [0.1, 0.15) is 12.0 Å². The quantitative estimate of drug-likeness (QED) is 0.527. The van der Waals surface area contributed by atoms with E-state index in [-0.39, 0.29) is 36.6 Å². The predicted molar refractivity (Wildman–Crippen MR) is 118 cm³/mol. The van der Waals surface area contributed by atoms with Crippen molar-refractivity contribution in [2.75, 3.05) is 33.5 Å². The molecule has 32 heavy (non-hydrogen) atoms. The molecule has 10 heteroatoms. The van der Waals surface area contributed by atoms with Crippen molar-refractivity contribution in [3.05, 3.63) is 58.4 Å². The summed E-state index contributed by atoms with van der Waals surface area (Å²) in [5.74, 6) is 1.66. The predicted octanol–water partition coefficient (Wildman–Crippen LogP) is 1.88. The molecule has 2 heterocycles. The number of fused-ring (bicyclic) bond motifs is 2. The molecule has 4 rings (SSSR count). The molecule has 1 aliphatic rings. The first-order valence-corrected chi connectivity index (χ1v) is 11.6. The van der Waals surface area contributed by atoms with Gasteiger partial charge in [0.2, 0.25) is 10.0 Å². The number of hydrogen-bond acceptors (Lipinski definition) is 7. The molecule has 0 fully saturated rings. The summed E-state index contributed by atoms with van der Waals surface area (Å²) >= 11 is 0. The van der Waals surface area contributed by atoms with Crippen molar-refractivity contribution in [1.29, 1.82) is 0 Å². The van der Waals surface area contributed by atoms with Gasteiger partial charge in [-0.25, -0.2) is 8.42 Å². The maximum atomic E-state index is 13.3. The molecule has 0 unspecified atom stereocenters. The van der Waals surface area contributed by atoms with E-state index < -0.39 is 15.6 Å². The van der Waals surface area contributed by atoms with E-state index in [4.69, 9.17) is 14.2 Å². The smallest absolute Gasteiger partial charge is 0.252 e. The number of ether oxygens (including phenoxy) is 3. The van der Waals surface area contributed by atoms with Crippen LogP contribution in [0.2, 0.25) is 0 Å². The van der Waals surface area contributed by atoms with Gasteiger partial charge in [0.25, 0.3) is 5.56 Å². The lowest BCUT2D eigenvalue weighted by atomic mass is 10.1. The van der Waals surface area contributed by atoms with Crippen LogP contribution in [0.25, 0.3) is 10.9 Å². The van der Waals surface area contributed by atoms with Gasteiger partial charge in [0.15, 0.2) is 11.5 Å². The lowest BCUT2D eigenvalue weighted by Gasteiger charge is -2.22. The largest absolute Gasteiger partial charge is 0.497 e. The lowest BCUT2D eigenvalue weighted by Crippen LogP contribution is -2.34. The molecule has 9 nitrogen and oxygen atoms in total. The molecule has 170 valence electrons. The Morgan fingerprint density at radius 3 is 2.44 bits per heavy atom. The Morgan fingerprint density at radius 2 is 1.78 bits per heavy atom. The van der Waals surface area contributed by atoms with E-state index >= 15 is 0 Å². The summed E-state index contributed by atoms with van der Waals surface area (Å²) in [7, 11) is -2.41. The number of nitrogens with one attached hydrogen (secondary N) is 1. The lowest BCUT2D eigenvalue weighted by molar-refractivity contribution is 0.172. The highest BCUT2D eigenvalue weighted by molar-refractivity contribution is 7.89. The molecular formula is C22H24N2O7S. The number of methoxy groups -OCH3 is 1. The van der Waals surface area contributed by atoms with Gasteiger partial charge in [-0.15, -0.1) is 0 Å². The van der Waals surface area contributed by atoms with E-state index in [1.807, 2.05) is 0 Å². The van der Waals surface area contributed by atoms with Crippen LogP contribution in [0.5, 0.6) is 17.2 Å². The third kappa shape index (κ3) is 4.43. The van der Waals surface area contributed by atoms with Gasteiger partial charge in [0.1, 0.15) is 19.0 Å². The molecular weight excluding hydrogens is 436 g/mol. The highest BCUT2D eigenvalue weighted by Crippen LogP contribution is 2.33. The highest BCUT2D eigenvalue weighted by atomic mass is 32.2. The Hall–Kier alpha value is -3.08. The zero-order chi connectivity index (χ0) is 22.7. The van der Waals surface area contributed by atoms with Gasteiger partial charge in [-0.2, -0.15) is 4.31 Å². The molecule has 0 radical (unpaired) electrons. The number of hydrogen-bond donors (Lipinski definition) is 2. The van der Waals surface area contributed by atoms with E-state index in [9.17, 15) is 18.3 Å². The third-order valence-corrected chi connectivity index (χ3v) is 7.05. The van der Waals surface area contributed by atoms with Crippen molar-refractivity contribution in [2.24, 2.45) is 0 Å². The number of nitrogens with zero attached hydrogens (tertiary/aromatic N) is 1. The van der Waals surface area contributed by atoms with E-state index in [0.717, 1.165) is 0 Å². The summed E-state index contributed by atoms with van der Waals surface area (Å²) in [6, 6.07) is 11.1. The average Bonchev–Trinajstić information content (AvgIpc) is 2.80. The molecule has 0 aliphatic carbocycles. The second-order valence-corrected chi connectivity index (χ2v) is 9.24. The molecule has 0 saturated carbocycles. The van der Waals surface area contributed by atoms with Crippen LogP contribution in [0.4, 0.5) is 0 Å². The number of aromatic nitrogens is 1. The summed E-state index contributed by atoms with van der Waals surface area (Å²) in [6.07, 6.45) is 0.236. The molecule has 0 atom stereocenters. The van der Waals surface area contributed by atoms with Crippen LogP contribution in [-0.4, -0.2) is 56.3 Å². The van der Waals surface area contributed by atoms with E-state index in [1.165, 1.54) is 23.5 Å². The standard InChI is InChI=1S/C22H24N2O7S/c1-29-17-3-5-18(6-4-17)32(27,28)24(7-2-8-25)14-16-11-15-12-20-21(31-10-9-30-20)13-19(15)23-22(16)26/h3-6,11-13,25H,2,7-10,14H2,1H3,(H,23,26). The summed E-state index contributed by atoms with van der Waals surface area (Å²) in [5.41, 5.74) is 0.459. The van der Waals surface area contributed by atoms with Crippen molar-refractivity contribution in [3.8, 4) is 17.2 Å². The Morgan fingerprint density at radius 1 is 1.09 bits per heavy atom. The Balaban J connectivity index is 1.70. The van der Waals surface area contributed by atoms with Crippen molar-refractivity contribution >= 4 is 20.9 Å². The zero-order valence-electron chi connectivity index (χ0n) is 17.5. The number of sulfonamides is 1. The van der Waals surface area contributed by atoms with Gasteiger partial charge >= 0.3 is 0 Å². The number of H-pyrrole nitrogens is 1. The van der Waals surface area contributed by atoms with Crippen LogP contribution in [0, 0.1) is 0 Å². The van der Waals surface area contributed by atoms with Crippen LogP contribution in [0.3, 0.4) is 0 Å². The third-order valence-electron chi connectivity index (χ3n) is 5.19. The van der Waals surface area contributed by atoms with Crippen LogP contribution >= 0.6 is 0 Å². The fourth-order valence-electron chi connectivity index (χ4n) is 3.52. The number of pyridine rings is 1. The molecule has 3 aromatic rings. The molecule has 2 aromatic carbocycles. The fraction of sp³-hybridized carbons (Fsp3) is 0.318. The molecule has 0 spiro atoms. The van der Waals surface area contributed by atoms with E-state index in [2.05, 4.69) is 4.98 Å². The minimum atomic E-state index is -3.91. The van der Waals surface area contributed by atoms with Crippen molar-refractivity contribution in [3.63, 3.8) is 0 Å². The second kappa shape index (κ2) is 9.19. The topological polar surface area (TPSA) is 118 Å². The van der Waals surface area contributed by atoms with E-state index in [1.54, 1.807) is 30.3 Å². The van der Waals surface area contributed by atoms with Crippen LogP contribution in [-0.2, 0) is 16.6 Å². The molecule has 2 N–H and O–H groups in total. The maximum Gasteiger partial charge on any atom is 0.252 e. The minimum Gasteiger partial charge on any atom is -0.497 e. The first kappa shape index (κ1) is 22.1. The summed E-state index contributed by atoms with van der Waals surface area (Å²) in [4.78, 5) is 15.6. The van der Waals surface area contributed by atoms with Gasteiger partial charge < -0.3 is 24.3 Å². The van der Waals surface area contributed by atoms with Gasteiger partial charge in [0.05, 0.1) is 17.5 Å². The maximum absolute atomic E-state index is 13.3. The van der Waals surface area contributed by atoms with Crippen molar-refractivity contribution in [2.45, 2.75) is 17.9 Å². The number of aliphatic hydroxyl groups excluding tert-OH is 1. The minimum absolute atomic E-state index is 0.0590. The molecule has 0 saturated heterocycles. The summed E-state index contributed by atoms with van der Waals surface area (Å²) in [6.45, 7) is 0.608. The Labute approximate surface area is 185 Å². The van der Waals surface area contributed by atoms with Crippen molar-refractivity contribution in [1.82, 2.24) is 9.29 Å². The molecule has 0 amide bonds. The first-order chi connectivity index (χ1) is 15.4. The van der Waals surface area contributed by atoms with Crippen LogP contribution in [0.15, 0.2) is 52.2 Å². The SMILES string of the molecule is COc1ccc(S(=O)(=O)N(CCCO)Cc2cc3cc4c(cc3[nH]c2=O)OCCO4)cc1. The number of aliphatic hydroxyl groups is 1. The van der Waals surface area contributed by atoms with Crippen LogP contribution < -0.4 is 19.8 Å². The van der Waals surface area contributed by atoms with Crippen molar-refractivity contribution < 1.29 is 27.7 Å². The first-order valence-electron chi connectivity index (χ1n) is 10.1. The summed E-state index contributed by atoms with van der Waals surface area (Å²) < 4.78 is 44.0. The fourth-order valence-corrected chi connectivity index (χ4v) is 4.98. The normalized spacial score (nSPS) is 13.5. The molecule has 0 bridgehead atoms. The monoisotopic (exact) mass is 460 g/mol. The Kier molecular flexibility index (Phi) is 6.35. The highest BCUT2D eigenvalue weighted by Gasteiger charge is 2.26. The van der Waals surface area contributed by atoms with Gasteiger partial charge in [-0.3, -0.25) is 4.79 Å². The molecule has 1 aliphatic heterocycles. The Bertz CT molecular complexity index is 1270. The number of rotatable bonds is 8. The van der Waals surface area contributed by atoms with Gasteiger partial charge in [-0.1, -0.05) is 0 Å². The molecule has 1 aromatic heterocycles. The van der Waals surface area contributed by atoms with Gasteiger partial charge in [0, 0.05) is 36.7 Å². The number of benzene rings is 2. The zero-order valence-corrected chi connectivity index (χ0v) is 18.4. The van der Waals surface area contributed by atoms with Gasteiger partial charge in [-0.05, 0) is 42.8 Å². The number of aromatic amines is 1. The summed E-state index contributed by atoms with van der Waals surface area (Å²) in [5, 5.41) is 9.96. The van der Waals surface area contributed by atoms with E-state index in [0.29, 0.717) is 41.4 Å².